The number of amides is 1. The zero-order valence-corrected chi connectivity index (χ0v) is 14.4. The predicted octanol–water partition coefficient (Wildman–Crippen LogP) is 4.31. The molecule has 0 bridgehead atoms. The summed E-state index contributed by atoms with van der Waals surface area (Å²) in [4.78, 5) is 17.9. The fourth-order valence-electron chi connectivity index (χ4n) is 2.45. The number of aromatic nitrogens is 1. The number of methoxy groups -OCH3 is 1. The van der Waals surface area contributed by atoms with E-state index in [4.69, 9.17) is 4.74 Å². The molecule has 0 spiro atoms. The zero-order chi connectivity index (χ0) is 16.9. The molecule has 0 aliphatic rings. The molecule has 3 rings (SSSR count). The number of carbonyl (C=O) groups excluding carboxylic acids is 1. The van der Waals surface area contributed by atoms with Gasteiger partial charge in [0.05, 0.1) is 19.2 Å². The molecule has 1 aromatic heterocycles. The SMILES string of the molecule is COc1cccc(CC(=O)Nc2nc(-c3ccccc3)c(C)s2)c1. The molecule has 5 heteroatoms. The quantitative estimate of drug-likeness (QED) is 0.754. The van der Waals surface area contributed by atoms with Gasteiger partial charge in [-0.05, 0) is 24.6 Å². The van der Waals surface area contributed by atoms with E-state index in [2.05, 4.69) is 10.3 Å². The van der Waals surface area contributed by atoms with Gasteiger partial charge in [0.1, 0.15) is 5.75 Å². The van der Waals surface area contributed by atoms with E-state index in [9.17, 15) is 4.79 Å². The second-order valence-corrected chi connectivity index (χ2v) is 6.57. The van der Waals surface area contributed by atoms with Crippen molar-refractivity contribution >= 4 is 22.4 Å². The van der Waals surface area contributed by atoms with Crippen molar-refractivity contribution in [1.29, 1.82) is 0 Å². The molecule has 0 aliphatic carbocycles. The Morgan fingerprint density at radius 3 is 2.71 bits per heavy atom. The van der Waals surface area contributed by atoms with Crippen LogP contribution in [-0.2, 0) is 11.2 Å². The maximum Gasteiger partial charge on any atom is 0.230 e. The highest BCUT2D eigenvalue weighted by Crippen LogP contribution is 2.30. The molecule has 3 aromatic rings. The first kappa shape index (κ1) is 16.2. The Morgan fingerprint density at radius 1 is 1.17 bits per heavy atom. The van der Waals surface area contributed by atoms with Gasteiger partial charge in [-0.3, -0.25) is 4.79 Å². The van der Waals surface area contributed by atoms with Crippen molar-refractivity contribution in [3.8, 4) is 17.0 Å². The van der Waals surface area contributed by atoms with Crippen molar-refractivity contribution in [3.63, 3.8) is 0 Å². The van der Waals surface area contributed by atoms with Crippen LogP contribution in [0.2, 0.25) is 0 Å². The van der Waals surface area contributed by atoms with Crippen LogP contribution in [0.15, 0.2) is 54.6 Å². The molecule has 4 nitrogen and oxygen atoms in total. The molecule has 1 heterocycles. The van der Waals surface area contributed by atoms with Crippen molar-refractivity contribution in [2.75, 3.05) is 12.4 Å². The van der Waals surface area contributed by atoms with Gasteiger partial charge >= 0.3 is 0 Å². The van der Waals surface area contributed by atoms with Crippen molar-refractivity contribution in [2.24, 2.45) is 0 Å². The Morgan fingerprint density at radius 2 is 1.96 bits per heavy atom. The van der Waals surface area contributed by atoms with Gasteiger partial charge in [-0.15, -0.1) is 11.3 Å². The van der Waals surface area contributed by atoms with Crippen LogP contribution in [-0.4, -0.2) is 18.0 Å². The Balaban J connectivity index is 1.71. The summed E-state index contributed by atoms with van der Waals surface area (Å²) >= 11 is 1.49. The maximum atomic E-state index is 12.3. The van der Waals surface area contributed by atoms with E-state index < -0.39 is 0 Å². The largest absolute Gasteiger partial charge is 0.497 e. The third-order valence-electron chi connectivity index (χ3n) is 3.59. The highest BCUT2D eigenvalue weighted by Gasteiger charge is 2.12. The van der Waals surface area contributed by atoms with Crippen LogP contribution in [0.5, 0.6) is 5.75 Å². The molecule has 1 amide bonds. The summed E-state index contributed by atoms with van der Waals surface area (Å²) in [5.74, 6) is 0.661. The lowest BCUT2D eigenvalue weighted by molar-refractivity contribution is -0.115. The summed E-state index contributed by atoms with van der Waals surface area (Å²) in [6.45, 7) is 2.01. The fraction of sp³-hybridized carbons (Fsp3) is 0.158. The highest BCUT2D eigenvalue weighted by molar-refractivity contribution is 7.16. The highest BCUT2D eigenvalue weighted by atomic mass is 32.1. The molecule has 0 saturated carbocycles. The Labute approximate surface area is 145 Å². The second kappa shape index (κ2) is 7.27. The fourth-order valence-corrected chi connectivity index (χ4v) is 3.30. The lowest BCUT2D eigenvalue weighted by atomic mass is 10.1. The summed E-state index contributed by atoms with van der Waals surface area (Å²) in [6, 6.07) is 17.5. The van der Waals surface area contributed by atoms with E-state index in [1.807, 2.05) is 61.5 Å². The average Bonchev–Trinajstić information content (AvgIpc) is 2.96. The molecule has 0 saturated heterocycles. The lowest BCUT2D eigenvalue weighted by Gasteiger charge is -2.04. The van der Waals surface area contributed by atoms with Crippen LogP contribution in [0.25, 0.3) is 11.3 Å². The maximum absolute atomic E-state index is 12.3. The van der Waals surface area contributed by atoms with E-state index >= 15 is 0 Å². The number of hydrogen-bond acceptors (Lipinski definition) is 4. The molecule has 0 atom stereocenters. The number of anilines is 1. The van der Waals surface area contributed by atoms with Crippen LogP contribution in [0.4, 0.5) is 5.13 Å². The zero-order valence-electron chi connectivity index (χ0n) is 13.6. The summed E-state index contributed by atoms with van der Waals surface area (Å²) < 4.78 is 5.18. The second-order valence-electron chi connectivity index (χ2n) is 5.37. The third kappa shape index (κ3) is 3.81. The van der Waals surface area contributed by atoms with E-state index in [0.717, 1.165) is 27.4 Å². The normalized spacial score (nSPS) is 10.4. The standard InChI is InChI=1S/C19H18N2O2S/c1-13-18(15-8-4-3-5-9-15)21-19(24-13)20-17(22)12-14-7-6-10-16(11-14)23-2/h3-11H,12H2,1-2H3,(H,20,21,22). The molecule has 24 heavy (non-hydrogen) atoms. The van der Waals surface area contributed by atoms with E-state index in [0.29, 0.717) is 5.13 Å². The van der Waals surface area contributed by atoms with Gasteiger partial charge in [0, 0.05) is 10.4 Å². The van der Waals surface area contributed by atoms with Crippen molar-refractivity contribution in [1.82, 2.24) is 4.98 Å². The minimum Gasteiger partial charge on any atom is -0.497 e. The molecule has 0 aliphatic heterocycles. The summed E-state index contributed by atoms with van der Waals surface area (Å²) in [5, 5.41) is 3.51. The van der Waals surface area contributed by atoms with Crippen molar-refractivity contribution in [3.05, 3.63) is 65.0 Å². The average molecular weight is 338 g/mol. The van der Waals surface area contributed by atoms with E-state index in [1.54, 1.807) is 7.11 Å². The molecule has 1 N–H and O–H groups in total. The first-order valence-corrected chi connectivity index (χ1v) is 8.43. The van der Waals surface area contributed by atoms with Gasteiger partial charge < -0.3 is 10.1 Å². The summed E-state index contributed by atoms with van der Waals surface area (Å²) in [7, 11) is 1.61. The van der Waals surface area contributed by atoms with Crippen LogP contribution in [0.3, 0.4) is 0 Å². The smallest absolute Gasteiger partial charge is 0.230 e. The number of benzene rings is 2. The topological polar surface area (TPSA) is 51.2 Å². The van der Waals surface area contributed by atoms with Gasteiger partial charge in [0.15, 0.2) is 5.13 Å². The number of aryl methyl sites for hydroxylation is 1. The summed E-state index contributed by atoms with van der Waals surface area (Å²) in [6.07, 6.45) is 0.288. The molecule has 0 fully saturated rings. The monoisotopic (exact) mass is 338 g/mol. The molecule has 2 aromatic carbocycles. The van der Waals surface area contributed by atoms with Crippen molar-refractivity contribution in [2.45, 2.75) is 13.3 Å². The third-order valence-corrected chi connectivity index (χ3v) is 4.48. The minimum absolute atomic E-state index is 0.0865. The Hall–Kier alpha value is -2.66. The molecular formula is C19H18N2O2S. The predicted molar refractivity (Wildman–Crippen MR) is 97.6 cm³/mol. The van der Waals surface area contributed by atoms with Gasteiger partial charge in [0.2, 0.25) is 5.91 Å². The first-order chi connectivity index (χ1) is 11.7. The van der Waals surface area contributed by atoms with Gasteiger partial charge in [-0.2, -0.15) is 0 Å². The minimum atomic E-state index is -0.0865. The number of carbonyl (C=O) groups is 1. The lowest BCUT2D eigenvalue weighted by Crippen LogP contribution is -2.14. The first-order valence-electron chi connectivity index (χ1n) is 7.61. The number of nitrogens with zero attached hydrogens (tertiary/aromatic N) is 1. The number of rotatable bonds is 5. The van der Waals surface area contributed by atoms with E-state index in [1.165, 1.54) is 11.3 Å². The Bertz CT molecular complexity index is 844. The number of hydrogen-bond donors (Lipinski definition) is 1. The summed E-state index contributed by atoms with van der Waals surface area (Å²) in [5.41, 5.74) is 2.88. The molecule has 122 valence electrons. The van der Waals surface area contributed by atoms with Gasteiger partial charge in [0.25, 0.3) is 0 Å². The molecule has 0 unspecified atom stereocenters. The molecule has 0 radical (unpaired) electrons. The molecular weight excluding hydrogens is 320 g/mol. The van der Waals surface area contributed by atoms with Gasteiger partial charge in [-0.1, -0.05) is 42.5 Å². The van der Waals surface area contributed by atoms with Crippen molar-refractivity contribution < 1.29 is 9.53 Å². The van der Waals surface area contributed by atoms with Crippen LogP contribution < -0.4 is 10.1 Å². The van der Waals surface area contributed by atoms with Crippen LogP contribution in [0, 0.1) is 6.92 Å². The van der Waals surface area contributed by atoms with E-state index in [-0.39, 0.29) is 12.3 Å². The Kier molecular flexibility index (Phi) is 4.91. The number of nitrogens with one attached hydrogen (secondary N) is 1. The van der Waals surface area contributed by atoms with Crippen LogP contribution >= 0.6 is 11.3 Å². The van der Waals surface area contributed by atoms with Gasteiger partial charge in [-0.25, -0.2) is 4.98 Å². The van der Waals surface area contributed by atoms with Crippen LogP contribution in [0.1, 0.15) is 10.4 Å². The number of ether oxygens (including phenoxy) is 1. The number of thiazole rings is 1.